The van der Waals surface area contributed by atoms with Crippen molar-refractivity contribution in [3.8, 4) is 5.75 Å². The Bertz CT molecular complexity index is 1080. The summed E-state index contributed by atoms with van der Waals surface area (Å²) >= 11 is 0. The van der Waals surface area contributed by atoms with E-state index in [0.717, 1.165) is 17.7 Å². The number of carbonyl (C=O) groups excluding carboxylic acids is 1. The molecule has 35 heavy (non-hydrogen) atoms. The third-order valence-electron chi connectivity index (χ3n) is 6.14. The van der Waals surface area contributed by atoms with Gasteiger partial charge in [0.1, 0.15) is 17.7 Å². The maximum atomic E-state index is 13.2. The molecular formula is C27H26ClF4NO2. The molecular weight excluding hydrogens is 482 g/mol. The van der Waals surface area contributed by atoms with Crippen LogP contribution >= 0.6 is 12.4 Å². The van der Waals surface area contributed by atoms with E-state index in [4.69, 9.17) is 4.74 Å². The maximum absolute atomic E-state index is 13.2. The lowest BCUT2D eigenvalue weighted by atomic mass is 9.88. The van der Waals surface area contributed by atoms with Gasteiger partial charge in [-0.3, -0.25) is 9.69 Å². The van der Waals surface area contributed by atoms with Crippen LogP contribution in [0.1, 0.15) is 40.4 Å². The van der Waals surface area contributed by atoms with Gasteiger partial charge in [0.05, 0.1) is 5.56 Å². The van der Waals surface area contributed by atoms with Crippen LogP contribution in [0, 0.1) is 11.7 Å². The van der Waals surface area contributed by atoms with Crippen LogP contribution in [0.3, 0.4) is 0 Å². The Balaban J connectivity index is 0.00000342. The summed E-state index contributed by atoms with van der Waals surface area (Å²) in [5.41, 5.74) is 0.726. The zero-order valence-corrected chi connectivity index (χ0v) is 19.7. The van der Waals surface area contributed by atoms with Crippen molar-refractivity contribution in [2.75, 3.05) is 19.6 Å². The number of Topliss-reactive ketones (excluding diaryl/α,β-unsaturated/α-hetero) is 1. The van der Waals surface area contributed by atoms with Crippen LogP contribution in [-0.2, 0) is 6.18 Å². The minimum Gasteiger partial charge on any atom is -0.484 e. The summed E-state index contributed by atoms with van der Waals surface area (Å²) in [5, 5.41) is 0. The molecule has 4 rings (SSSR count). The minimum absolute atomic E-state index is 0. The van der Waals surface area contributed by atoms with Gasteiger partial charge in [-0.05, 0) is 80.0 Å². The Kier molecular flexibility index (Phi) is 8.92. The summed E-state index contributed by atoms with van der Waals surface area (Å²) in [4.78, 5) is 15.0. The SMILES string of the molecule is Cl.O=C(c1ccc(F)cc1)C1CCN(CC(Oc2ccc(C(F)(F)F)cc2)c2ccccc2)CC1. The molecule has 186 valence electrons. The highest BCUT2D eigenvalue weighted by atomic mass is 35.5. The Labute approximate surface area is 208 Å². The highest BCUT2D eigenvalue weighted by Crippen LogP contribution is 2.32. The van der Waals surface area contributed by atoms with E-state index in [1.807, 2.05) is 30.3 Å². The zero-order valence-electron chi connectivity index (χ0n) is 18.9. The van der Waals surface area contributed by atoms with E-state index in [9.17, 15) is 22.4 Å². The molecule has 1 heterocycles. The summed E-state index contributed by atoms with van der Waals surface area (Å²) in [7, 11) is 0. The van der Waals surface area contributed by atoms with Crippen molar-refractivity contribution in [2.24, 2.45) is 5.92 Å². The van der Waals surface area contributed by atoms with E-state index in [-0.39, 0.29) is 36.0 Å². The smallest absolute Gasteiger partial charge is 0.416 e. The summed E-state index contributed by atoms with van der Waals surface area (Å²) in [6.45, 7) is 1.93. The molecule has 0 bridgehead atoms. The summed E-state index contributed by atoms with van der Waals surface area (Å²) in [5.74, 6) is -0.0948. The lowest BCUT2D eigenvalue weighted by molar-refractivity contribution is -0.137. The number of likely N-dealkylation sites (tertiary alicyclic amines) is 1. The number of ketones is 1. The molecule has 3 aromatic rings. The molecule has 1 unspecified atom stereocenters. The van der Waals surface area contributed by atoms with Crippen LogP contribution in [0.25, 0.3) is 0 Å². The highest BCUT2D eigenvalue weighted by molar-refractivity contribution is 5.97. The normalized spacial score (nSPS) is 15.8. The number of piperidine rings is 1. The van der Waals surface area contributed by atoms with Crippen molar-refractivity contribution < 1.29 is 27.1 Å². The van der Waals surface area contributed by atoms with Gasteiger partial charge >= 0.3 is 6.18 Å². The van der Waals surface area contributed by atoms with E-state index in [2.05, 4.69) is 4.90 Å². The van der Waals surface area contributed by atoms with Crippen LogP contribution in [-0.4, -0.2) is 30.3 Å². The van der Waals surface area contributed by atoms with Crippen LogP contribution in [0.5, 0.6) is 5.75 Å². The molecule has 3 aromatic carbocycles. The quantitative estimate of drug-likeness (QED) is 0.255. The summed E-state index contributed by atoms with van der Waals surface area (Å²) in [6.07, 6.45) is -3.41. The fraction of sp³-hybridized carbons (Fsp3) is 0.296. The van der Waals surface area contributed by atoms with Gasteiger partial charge in [0, 0.05) is 18.0 Å². The van der Waals surface area contributed by atoms with Crippen molar-refractivity contribution in [1.29, 1.82) is 0 Å². The van der Waals surface area contributed by atoms with Gasteiger partial charge in [-0.2, -0.15) is 13.2 Å². The third kappa shape index (κ3) is 7.05. The van der Waals surface area contributed by atoms with Gasteiger partial charge in [-0.1, -0.05) is 30.3 Å². The first-order chi connectivity index (χ1) is 16.3. The van der Waals surface area contributed by atoms with Crippen molar-refractivity contribution >= 4 is 18.2 Å². The topological polar surface area (TPSA) is 29.5 Å². The second-order valence-corrected chi connectivity index (χ2v) is 8.49. The molecule has 0 aromatic heterocycles. The molecule has 1 aliphatic rings. The highest BCUT2D eigenvalue weighted by Gasteiger charge is 2.31. The number of rotatable bonds is 7. The number of benzene rings is 3. The average Bonchev–Trinajstić information content (AvgIpc) is 2.84. The van der Waals surface area contributed by atoms with Crippen LogP contribution in [0.4, 0.5) is 17.6 Å². The van der Waals surface area contributed by atoms with Crippen molar-refractivity contribution in [2.45, 2.75) is 25.1 Å². The number of halogens is 5. The number of nitrogens with zero attached hydrogens (tertiary/aromatic N) is 1. The van der Waals surface area contributed by atoms with E-state index in [0.29, 0.717) is 43.8 Å². The minimum atomic E-state index is -4.40. The largest absolute Gasteiger partial charge is 0.484 e. The van der Waals surface area contributed by atoms with E-state index >= 15 is 0 Å². The summed E-state index contributed by atoms with van der Waals surface area (Å²) in [6, 6.07) is 19.9. The number of hydrogen-bond acceptors (Lipinski definition) is 3. The number of alkyl halides is 3. The molecule has 1 atom stereocenters. The summed E-state index contributed by atoms with van der Waals surface area (Å²) < 4.78 is 57.9. The predicted octanol–water partition coefficient (Wildman–Crippen LogP) is 6.98. The van der Waals surface area contributed by atoms with Gasteiger partial charge in [-0.15, -0.1) is 12.4 Å². The van der Waals surface area contributed by atoms with Crippen molar-refractivity contribution in [1.82, 2.24) is 4.90 Å². The van der Waals surface area contributed by atoms with Crippen LogP contribution < -0.4 is 4.74 Å². The molecule has 1 fully saturated rings. The molecule has 0 radical (unpaired) electrons. The monoisotopic (exact) mass is 507 g/mol. The van der Waals surface area contributed by atoms with E-state index in [1.54, 1.807) is 0 Å². The number of carbonyl (C=O) groups is 1. The molecule has 1 aliphatic heterocycles. The Morgan fingerprint density at radius 3 is 2.09 bits per heavy atom. The predicted molar refractivity (Wildman–Crippen MR) is 128 cm³/mol. The van der Waals surface area contributed by atoms with Gasteiger partial charge in [0.2, 0.25) is 0 Å². The van der Waals surface area contributed by atoms with E-state index < -0.39 is 11.7 Å². The number of hydrogen-bond donors (Lipinski definition) is 0. The van der Waals surface area contributed by atoms with Crippen molar-refractivity contribution in [3.05, 3.63) is 101 Å². The Morgan fingerprint density at radius 2 is 1.51 bits per heavy atom. The second-order valence-electron chi connectivity index (χ2n) is 8.49. The maximum Gasteiger partial charge on any atom is 0.416 e. The van der Waals surface area contributed by atoms with Gasteiger partial charge < -0.3 is 4.74 Å². The van der Waals surface area contributed by atoms with Gasteiger partial charge in [0.25, 0.3) is 0 Å². The fourth-order valence-corrected chi connectivity index (χ4v) is 4.23. The van der Waals surface area contributed by atoms with Gasteiger partial charge in [-0.25, -0.2) is 4.39 Å². The molecule has 0 amide bonds. The first-order valence-corrected chi connectivity index (χ1v) is 11.2. The lowest BCUT2D eigenvalue weighted by Gasteiger charge is -2.34. The molecule has 0 saturated carbocycles. The Morgan fingerprint density at radius 1 is 0.914 bits per heavy atom. The molecule has 8 heteroatoms. The van der Waals surface area contributed by atoms with Crippen molar-refractivity contribution in [3.63, 3.8) is 0 Å². The standard InChI is InChI=1S/C27H25F4NO2.ClH/c28-23-10-6-20(7-11-23)26(33)21-14-16-32(17-15-21)18-25(19-4-2-1-3-5-19)34-24-12-8-22(9-13-24)27(29,30)31;/h1-13,21,25H,14-18H2;1H. The third-order valence-corrected chi connectivity index (χ3v) is 6.14. The molecule has 3 nitrogen and oxygen atoms in total. The van der Waals surface area contributed by atoms with Gasteiger partial charge in [0.15, 0.2) is 5.78 Å². The van der Waals surface area contributed by atoms with Crippen LogP contribution in [0.2, 0.25) is 0 Å². The molecule has 0 spiro atoms. The first-order valence-electron chi connectivity index (χ1n) is 11.2. The Hall–Kier alpha value is -2.90. The molecule has 0 N–H and O–H groups in total. The van der Waals surface area contributed by atoms with Crippen LogP contribution in [0.15, 0.2) is 78.9 Å². The number of ether oxygens (including phenoxy) is 1. The van der Waals surface area contributed by atoms with E-state index in [1.165, 1.54) is 36.4 Å². The lowest BCUT2D eigenvalue weighted by Crippen LogP contribution is -2.39. The fourth-order valence-electron chi connectivity index (χ4n) is 4.23. The molecule has 1 saturated heterocycles. The first kappa shape index (κ1) is 26.7. The zero-order chi connectivity index (χ0) is 24.1. The second kappa shape index (κ2) is 11.7. The molecule has 0 aliphatic carbocycles. The average molecular weight is 508 g/mol.